The molecule has 1 amide bonds. The molecule has 0 saturated carbocycles. The van der Waals surface area contributed by atoms with Gasteiger partial charge in [0.15, 0.2) is 18.2 Å². The SMILES string of the molecule is CS(=O)N(COC(=O)C(C)(C)C)c1nn(CC(F)(F)F)c2c(-c3ccc(C#CC(C)(C)S(C)=O)nc3C(Cc3cc(F)cc(F)c3)NC(=O)Cn3nc(C(F)(F)F)c4c3C(F)(F)CC4)ccc(Cl)c12. The number of carbonyl (C=O) groups is 2. The van der Waals surface area contributed by atoms with Gasteiger partial charge in [-0.2, -0.15) is 45.3 Å². The van der Waals surface area contributed by atoms with Crippen molar-refractivity contribution in [1.82, 2.24) is 29.9 Å². The molecular formula is C44H42ClF10N7O5S2. The van der Waals surface area contributed by atoms with Gasteiger partial charge in [-0.25, -0.2) is 22.3 Å². The highest BCUT2D eigenvalue weighted by atomic mass is 35.5. The molecule has 3 atom stereocenters. The maximum absolute atomic E-state index is 15.1. The summed E-state index contributed by atoms with van der Waals surface area (Å²) in [6.07, 6.45) is -9.95. The zero-order chi connectivity index (χ0) is 51.3. The number of hydrogen-bond donors (Lipinski definition) is 1. The van der Waals surface area contributed by atoms with Crippen LogP contribution in [0.5, 0.6) is 0 Å². The van der Waals surface area contributed by atoms with E-state index in [-0.39, 0.29) is 48.7 Å². The Morgan fingerprint density at radius 3 is 2.16 bits per heavy atom. The van der Waals surface area contributed by atoms with Crippen LogP contribution in [0, 0.1) is 28.9 Å². The third-order valence-corrected chi connectivity index (χ3v) is 13.5. The number of esters is 1. The minimum atomic E-state index is -5.18. The molecule has 1 aliphatic rings. The summed E-state index contributed by atoms with van der Waals surface area (Å²) >= 11 is 6.71. The van der Waals surface area contributed by atoms with E-state index < -0.39 is 142 Å². The molecular weight excluding hydrogens is 996 g/mol. The summed E-state index contributed by atoms with van der Waals surface area (Å²) in [6.45, 7) is 3.87. The van der Waals surface area contributed by atoms with Crippen LogP contribution in [0.25, 0.3) is 22.0 Å². The van der Waals surface area contributed by atoms with E-state index in [1.807, 2.05) is 0 Å². The molecule has 1 N–H and O–H groups in total. The van der Waals surface area contributed by atoms with Gasteiger partial charge < -0.3 is 10.1 Å². The summed E-state index contributed by atoms with van der Waals surface area (Å²) in [5.74, 6) is -2.88. The van der Waals surface area contributed by atoms with Crippen molar-refractivity contribution < 1.29 is 66.6 Å². The van der Waals surface area contributed by atoms with Crippen molar-refractivity contribution in [2.24, 2.45) is 5.41 Å². The largest absolute Gasteiger partial charge is 0.443 e. The quantitative estimate of drug-likeness (QED) is 0.0533. The molecule has 3 aromatic heterocycles. The van der Waals surface area contributed by atoms with E-state index in [0.717, 1.165) is 22.7 Å². The van der Waals surface area contributed by atoms with Gasteiger partial charge in [-0.15, -0.1) is 0 Å². The van der Waals surface area contributed by atoms with Crippen molar-refractivity contribution in [3.05, 3.63) is 93.0 Å². The van der Waals surface area contributed by atoms with Crippen LogP contribution in [-0.4, -0.2) is 75.0 Å². The highest BCUT2D eigenvalue weighted by Gasteiger charge is 2.50. The van der Waals surface area contributed by atoms with E-state index >= 15 is 8.78 Å². The number of carbonyl (C=O) groups excluding carboxylic acids is 2. The van der Waals surface area contributed by atoms with Gasteiger partial charge in [0.1, 0.15) is 51.8 Å². The number of hydrogen-bond acceptors (Lipinski definition) is 8. The monoisotopic (exact) mass is 1040 g/mol. The minimum Gasteiger partial charge on any atom is -0.443 e. The third-order valence-electron chi connectivity index (χ3n) is 10.7. The molecule has 12 nitrogen and oxygen atoms in total. The Morgan fingerprint density at radius 2 is 1.58 bits per heavy atom. The fourth-order valence-corrected chi connectivity index (χ4v) is 8.30. The van der Waals surface area contributed by atoms with Gasteiger partial charge in [0.05, 0.1) is 33.1 Å². The summed E-state index contributed by atoms with van der Waals surface area (Å²) in [5.41, 5.74) is -5.89. The Morgan fingerprint density at radius 1 is 0.942 bits per heavy atom. The van der Waals surface area contributed by atoms with E-state index in [1.165, 1.54) is 51.3 Å². The average molecular weight is 1040 g/mol. The second kappa shape index (κ2) is 19.3. The lowest BCUT2D eigenvalue weighted by molar-refractivity contribution is -0.152. The number of aromatic nitrogens is 5. The van der Waals surface area contributed by atoms with Crippen LogP contribution >= 0.6 is 11.6 Å². The summed E-state index contributed by atoms with van der Waals surface area (Å²) in [4.78, 5) is 31.5. The van der Waals surface area contributed by atoms with Gasteiger partial charge in [-0.05, 0) is 89.3 Å². The Bertz CT molecular complexity index is 2930. The normalized spacial score (nSPS) is 15.3. The Balaban J connectivity index is 1.62. The molecule has 0 fully saturated rings. The zero-order valence-corrected chi connectivity index (χ0v) is 39.9. The number of anilines is 1. The van der Waals surface area contributed by atoms with E-state index in [2.05, 4.69) is 32.3 Å². The first-order valence-electron chi connectivity index (χ1n) is 20.5. The van der Waals surface area contributed by atoms with Gasteiger partial charge in [0.2, 0.25) is 5.91 Å². The van der Waals surface area contributed by atoms with Gasteiger partial charge in [0.25, 0.3) is 5.92 Å². The van der Waals surface area contributed by atoms with Crippen molar-refractivity contribution in [2.75, 3.05) is 23.5 Å². The topological polar surface area (TPSA) is 141 Å². The minimum absolute atomic E-state index is 0.112. The summed E-state index contributed by atoms with van der Waals surface area (Å²) in [7, 11) is -3.68. The maximum Gasteiger partial charge on any atom is 0.435 e. The zero-order valence-electron chi connectivity index (χ0n) is 37.6. The molecule has 25 heteroatoms. The molecule has 0 bridgehead atoms. The number of rotatable bonds is 13. The molecule has 6 rings (SSSR count). The van der Waals surface area contributed by atoms with Crippen LogP contribution in [0.3, 0.4) is 0 Å². The Labute approximate surface area is 398 Å². The fraction of sp³-hybridized carbons (Fsp3) is 0.432. The van der Waals surface area contributed by atoms with Crippen molar-refractivity contribution >= 4 is 62.0 Å². The molecule has 3 heterocycles. The van der Waals surface area contributed by atoms with Gasteiger partial charge in [-0.1, -0.05) is 23.6 Å². The summed E-state index contributed by atoms with van der Waals surface area (Å²) < 4.78 is 177. The van der Waals surface area contributed by atoms with Gasteiger partial charge in [0, 0.05) is 52.5 Å². The van der Waals surface area contributed by atoms with Crippen LogP contribution in [0.2, 0.25) is 5.02 Å². The molecule has 0 aliphatic heterocycles. The number of nitrogens with one attached hydrogen (secondary N) is 1. The van der Waals surface area contributed by atoms with E-state index in [0.29, 0.717) is 10.7 Å². The molecule has 0 spiro atoms. The number of alkyl halides is 8. The fourth-order valence-electron chi connectivity index (χ4n) is 7.30. The van der Waals surface area contributed by atoms with Crippen molar-refractivity contribution in [1.29, 1.82) is 0 Å². The maximum atomic E-state index is 15.1. The average Bonchev–Trinajstić information content (AvgIpc) is 3.87. The highest BCUT2D eigenvalue weighted by molar-refractivity contribution is 7.86. The molecule has 5 aromatic rings. The third kappa shape index (κ3) is 11.9. The first-order valence-corrected chi connectivity index (χ1v) is 23.9. The molecule has 1 aliphatic carbocycles. The standard InChI is InChI=1S/C44H42ClF10N7O5S2/c1-40(2,3)39(64)67-22-62(69(7)66)38-33-30(45)11-10-28(35(33)61(59-38)21-43(50,51)52)27-9-8-26(12-14-41(4,5)68(6)65)56-34(27)31(18-23-16-24(46)19-25(47)17-23)57-32(63)20-60-37-29(13-15-42(37,48)49)36(58-60)44(53,54)55/h8-11,16-17,19,31H,13,15,18,20-22H2,1-7H3,(H,57,63). The Hall–Kier alpha value is -5.54. The Kier molecular flexibility index (Phi) is 14.8. The lowest BCUT2D eigenvalue weighted by Gasteiger charge is -2.23. The number of fused-ring (bicyclic) bond motifs is 2. The van der Waals surface area contributed by atoms with Crippen LogP contribution < -0.4 is 9.62 Å². The molecule has 0 radical (unpaired) electrons. The second-order valence-electron chi connectivity index (χ2n) is 17.5. The highest BCUT2D eigenvalue weighted by Crippen LogP contribution is 2.47. The van der Waals surface area contributed by atoms with E-state index in [9.17, 15) is 53.1 Å². The van der Waals surface area contributed by atoms with Gasteiger partial charge >= 0.3 is 18.3 Å². The number of halogens is 11. The number of pyridine rings is 1. The molecule has 372 valence electrons. The van der Waals surface area contributed by atoms with Crippen molar-refractivity contribution in [3.8, 4) is 23.0 Å². The van der Waals surface area contributed by atoms with Crippen molar-refractivity contribution in [3.63, 3.8) is 0 Å². The lowest BCUT2D eigenvalue weighted by atomic mass is 9.93. The van der Waals surface area contributed by atoms with E-state index in [1.54, 1.807) is 13.8 Å². The van der Waals surface area contributed by atoms with Crippen LogP contribution in [0.4, 0.5) is 49.7 Å². The number of nitrogens with zero attached hydrogens (tertiary/aromatic N) is 6. The van der Waals surface area contributed by atoms with E-state index in [4.69, 9.17) is 16.3 Å². The first kappa shape index (κ1) is 52.8. The molecule has 3 unspecified atom stereocenters. The smallest absolute Gasteiger partial charge is 0.435 e. The van der Waals surface area contributed by atoms with Crippen LogP contribution in [-0.2, 0) is 74.1 Å². The second-order valence-corrected chi connectivity index (χ2v) is 21.1. The number of benzene rings is 2. The van der Waals surface area contributed by atoms with Crippen molar-refractivity contribution in [2.45, 2.75) is 96.0 Å². The first-order chi connectivity index (χ1) is 31.8. The molecule has 0 saturated heterocycles. The summed E-state index contributed by atoms with van der Waals surface area (Å²) in [6, 6.07) is 5.72. The predicted octanol–water partition coefficient (Wildman–Crippen LogP) is 9.10. The predicted molar refractivity (Wildman–Crippen MR) is 236 cm³/mol. The number of amides is 1. The van der Waals surface area contributed by atoms with Gasteiger partial charge in [-0.3, -0.25) is 23.2 Å². The van der Waals surface area contributed by atoms with Crippen LogP contribution in [0.15, 0.2) is 42.5 Å². The lowest BCUT2D eigenvalue weighted by Crippen LogP contribution is -2.35. The molecule has 2 aromatic carbocycles. The summed E-state index contributed by atoms with van der Waals surface area (Å²) in [5, 5.41) is 9.52. The number of ether oxygens (including phenoxy) is 1. The molecule has 69 heavy (non-hydrogen) atoms. The van der Waals surface area contributed by atoms with Crippen LogP contribution in [0.1, 0.15) is 81.0 Å².